The summed E-state index contributed by atoms with van der Waals surface area (Å²) in [5, 5.41) is 6.25. The number of carbonyl (C=O) groups excluding carboxylic acids is 1. The van der Waals surface area contributed by atoms with Crippen molar-refractivity contribution in [1.29, 1.82) is 0 Å². The first kappa shape index (κ1) is 10.6. The topological polar surface area (TPSA) is 55.1 Å². The number of carbonyl (C=O) groups is 1. The highest BCUT2D eigenvalue weighted by atomic mass is 32.1. The smallest absolute Gasteiger partial charge is 0.257 e. The zero-order valence-corrected chi connectivity index (χ0v) is 9.05. The van der Waals surface area contributed by atoms with Crippen LogP contribution < -0.4 is 11.1 Å². The van der Waals surface area contributed by atoms with E-state index in [9.17, 15) is 9.18 Å². The Kier molecular flexibility index (Phi) is 2.87. The van der Waals surface area contributed by atoms with Crippen molar-refractivity contribution < 1.29 is 9.18 Å². The third kappa shape index (κ3) is 2.04. The molecule has 0 spiro atoms. The molecule has 1 amide bonds. The lowest BCUT2D eigenvalue weighted by Gasteiger charge is -2.06. The van der Waals surface area contributed by atoms with Crippen LogP contribution in [0, 0.1) is 5.82 Å². The average molecular weight is 236 g/mol. The third-order valence-electron chi connectivity index (χ3n) is 2.08. The predicted octanol–water partition coefficient (Wildman–Crippen LogP) is 2.72. The molecule has 3 nitrogen and oxygen atoms in total. The van der Waals surface area contributed by atoms with E-state index in [0.717, 1.165) is 0 Å². The van der Waals surface area contributed by atoms with Crippen molar-refractivity contribution >= 4 is 28.6 Å². The van der Waals surface area contributed by atoms with Crippen molar-refractivity contribution in [2.24, 2.45) is 0 Å². The SMILES string of the molecule is Nc1c(F)cccc1C(=O)Nc1ccsc1. The maximum atomic E-state index is 13.1. The summed E-state index contributed by atoms with van der Waals surface area (Å²) in [5.74, 6) is -0.992. The maximum absolute atomic E-state index is 13.1. The minimum Gasteiger partial charge on any atom is -0.396 e. The molecule has 0 atom stereocenters. The van der Waals surface area contributed by atoms with Gasteiger partial charge < -0.3 is 11.1 Å². The van der Waals surface area contributed by atoms with E-state index >= 15 is 0 Å². The summed E-state index contributed by atoms with van der Waals surface area (Å²) < 4.78 is 13.1. The van der Waals surface area contributed by atoms with Crippen LogP contribution in [0.15, 0.2) is 35.0 Å². The summed E-state index contributed by atoms with van der Waals surface area (Å²) in [4.78, 5) is 11.7. The van der Waals surface area contributed by atoms with Crippen LogP contribution in [0.25, 0.3) is 0 Å². The summed E-state index contributed by atoms with van der Waals surface area (Å²) in [6.07, 6.45) is 0. The molecule has 16 heavy (non-hydrogen) atoms. The minimum absolute atomic E-state index is 0.129. The Morgan fingerprint density at radius 1 is 1.38 bits per heavy atom. The Labute approximate surface area is 95.7 Å². The van der Waals surface area contributed by atoms with E-state index in [1.165, 1.54) is 29.5 Å². The molecule has 1 aromatic carbocycles. The maximum Gasteiger partial charge on any atom is 0.257 e. The van der Waals surface area contributed by atoms with Crippen LogP contribution in [-0.2, 0) is 0 Å². The van der Waals surface area contributed by atoms with Crippen molar-refractivity contribution in [3.8, 4) is 0 Å². The van der Waals surface area contributed by atoms with Crippen molar-refractivity contribution in [2.45, 2.75) is 0 Å². The normalized spacial score (nSPS) is 10.1. The van der Waals surface area contributed by atoms with Gasteiger partial charge >= 0.3 is 0 Å². The molecule has 0 unspecified atom stereocenters. The number of hydrogen-bond acceptors (Lipinski definition) is 3. The van der Waals surface area contributed by atoms with Gasteiger partial charge in [0.15, 0.2) is 0 Å². The molecule has 0 aliphatic carbocycles. The molecule has 2 aromatic rings. The number of nitrogens with two attached hydrogens (primary N) is 1. The van der Waals surface area contributed by atoms with Gasteiger partial charge in [-0.05, 0) is 23.6 Å². The zero-order chi connectivity index (χ0) is 11.5. The number of anilines is 2. The first-order valence-corrected chi connectivity index (χ1v) is 5.50. The van der Waals surface area contributed by atoms with Gasteiger partial charge in [0, 0.05) is 5.38 Å². The summed E-state index contributed by atoms with van der Waals surface area (Å²) in [5.41, 5.74) is 6.17. The van der Waals surface area contributed by atoms with Gasteiger partial charge in [-0.3, -0.25) is 4.79 Å². The number of nitrogens with one attached hydrogen (secondary N) is 1. The van der Waals surface area contributed by atoms with Crippen LogP contribution in [0.2, 0.25) is 0 Å². The van der Waals surface area contributed by atoms with Crippen molar-refractivity contribution in [3.63, 3.8) is 0 Å². The van der Waals surface area contributed by atoms with Gasteiger partial charge in [-0.2, -0.15) is 11.3 Å². The highest BCUT2D eigenvalue weighted by Crippen LogP contribution is 2.18. The highest BCUT2D eigenvalue weighted by Gasteiger charge is 2.12. The van der Waals surface area contributed by atoms with E-state index in [0.29, 0.717) is 5.69 Å². The molecule has 0 fully saturated rings. The van der Waals surface area contributed by atoms with Crippen LogP contribution in [0.1, 0.15) is 10.4 Å². The lowest BCUT2D eigenvalue weighted by Crippen LogP contribution is -2.14. The highest BCUT2D eigenvalue weighted by molar-refractivity contribution is 7.08. The van der Waals surface area contributed by atoms with Gasteiger partial charge in [0.05, 0.1) is 16.9 Å². The van der Waals surface area contributed by atoms with Crippen molar-refractivity contribution in [3.05, 3.63) is 46.4 Å². The Morgan fingerprint density at radius 3 is 2.88 bits per heavy atom. The number of nitrogen functional groups attached to an aromatic ring is 1. The van der Waals surface area contributed by atoms with E-state index in [1.807, 2.05) is 5.38 Å². The molecule has 0 bridgehead atoms. The van der Waals surface area contributed by atoms with E-state index in [2.05, 4.69) is 5.32 Å². The monoisotopic (exact) mass is 236 g/mol. The Bertz CT molecular complexity index is 511. The van der Waals surface area contributed by atoms with E-state index in [1.54, 1.807) is 11.4 Å². The second kappa shape index (κ2) is 4.32. The van der Waals surface area contributed by atoms with Crippen LogP contribution in [0.5, 0.6) is 0 Å². The fourth-order valence-corrected chi connectivity index (χ4v) is 1.86. The minimum atomic E-state index is -0.585. The number of para-hydroxylation sites is 1. The quantitative estimate of drug-likeness (QED) is 0.788. The van der Waals surface area contributed by atoms with Gasteiger partial charge in [-0.25, -0.2) is 4.39 Å². The molecule has 0 aliphatic rings. The first-order chi connectivity index (χ1) is 7.68. The number of halogens is 1. The molecule has 3 N–H and O–H groups in total. The lowest BCUT2D eigenvalue weighted by molar-refractivity contribution is 0.102. The van der Waals surface area contributed by atoms with Gasteiger partial charge in [-0.1, -0.05) is 6.07 Å². The molecule has 0 aliphatic heterocycles. The standard InChI is InChI=1S/C11H9FN2OS/c12-9-3-1-2-8(10(9)13)11(15)14-7-4-5-16-6-7/h1-6H,13H2,(H,14,15). The predicted molar refractivity (Wildman–Crippen MR) is 63.1 cm³/mol. The Balaban J connectivity index is 2.24. The van der Waals surface area contributed by atoms with Crippen LogP contribution in [0.4, 0.5) is 15.8 Å². The second-order valence-electron chi connectivity index (χ2n) is 3.17. The summed E-state index contributed by atoms with van der Waals surface area (Å²) in [6, 6.07) is 5.92. The molecular weight excluding hydrogens is 227 g/mol. The number of thiophene rings is 1. The molecule has 1 heterocycles. The van der Waals surface area contributed by atoms with Crippen LogP contribution >= 0.6 is 11.3 Å². The van der Waals surface area contributed by atoms with Gasteiger partial charge in [0.25, 0.3) is 5.91 Å². The summed E-state index contributed by atoms with van der Waals surface area (Å²) >= 11 is 1.46. The average Bonchev–Trinajstić information content (AvgIpc) is 2.74. The van der Waals surface area contributed by atoms with Crippen molar-refractivity contribution in [1.82, 2.24) is 0 Å². The second-order valence-corrected chi connectivity index (χ2v) is 3.95. The van der Waals surface area contributed by atoms with Crippen LogP contribution in [0.3, 0.4) is 0 Å². The molecular formula is C11H9FN2OS. The number of amides is 1. The fraction of sp³-hybridized carbons (Fsp3) is 0. The fourth-order valence-electron chi connectivity index (χ4n) is 1.27. The zero-order valence-electron chi connectivity index (χ0n) is 8.24. The third-order valence-corrected chi connectivity index (χ3v) is 2.76. The number of benzene rings is 1. The first-order valence-electron chi connectivity index (χ1n) is 4.56. The Morgan fingerprint density at radius 2 is 2.19 bits per heavy atom. The molecule has 0 radical (unpaired) electrons. The summed E-state index contributed by atoms with van der Waals surface area (Å²) in [6.45, 7) is 0. The molecule has 0 saturated heterocycles. The largest absolute Gasteiger partial charge is 0.396 e. The molecule has 2 rings (SSSR count). The Hall–Kier alpha value is -1.88. The van der Waals surface area contributed by atoms with E-state index in [-0.39, 0.29) is 11.3 Å². The molecule has 5 heteroatoms. The van der Waals surface area contributed by atoms with Gasteiger partial charge in [0.1, 0.15) is 5.82 Å². The molecule has 1 aromatic heterocycles. The number of rotatable bonds is 2. The summed E-state index contributed by atoms with van der Waals surface area (Å²) in [7, 11) is 0. The lowest BCUT2D eigenvalue weighted by atomic mass is 10.1. The van der Waals surface area contributed by atoms with Gasteiger partial charge in [-0.15, -0.1) is 0 Å². The molecule has 82 valence electrons. The van der Waals surface area contributed by atoms with Gasteiger partial charge in [0.2, 0.25) is 0 Å². The van der Waals surface area contributed by atoms with E-state index < -0.39 is 11.7 Å². The van der Waals surface area contributed by atoms with Crippen molar-refractivity contribution in [2.75, 3.05) is 11.1 Å². The van der Waals surface area contributed by atoms with E-state index in [4.69, 9.17) is 5.73 Å². The number of hydrogen-bond donors (Lipinski definition) is 2. The van der Waals surface area contributed by atoms with Crippen LogP contribution in [-0.4, -0.2) is 5.91 Å². The molecule has 0 saturated carbocycles.